The molecule has 23 heavy (non-hydrogen) atoms. The second kappa shape index (κ2) is 6.42. The molecule has 3 aromatic rings. The Kier molecular flexibility index (Phi) is 4.35. The van der Waals surface area contributed by atoms with Crippen molar-refractivity contribution < 1.29 is 0 Å². The van der Waals surface area contributed by atoms with E-state index in [2.05, 4.69) is 33.7 Å². The van der Waals surface area contributed by atoms with Crippen molar-refractivity contribution in [1.29, 1.82) is 0 Å². The van der Waals surface area contributed by atoms with Crippen molar-refractivity contribution in [2.24, 2.45) is 0 Å². The number of hydrogen-bond donors (Lipinski definition) is 1. The van der Waals surface area contributed by atoms with Crippen LogP contribution in [0.25, 0.3) is 11.4 Å². The Bertz CT molecular complexity index is 822. The van der Waals surface area contributed by atoms with Crippen molar-refractivity contribution in [2.45, 2.75) is 27.3 Å². The van der Waals surface area contributed by atoms with Crippen LogP contribution in [0.4, 0.5) is 11.5 Å². The van der Waals surface area contributed by atoms with Gasteiger partial charge >= 0.3 is 0 Å². The van der Waals surface area contributed by atoms with E-state index in [1.807, 2.05) is 43.5 Å². The monoisotopic (exact) mass is 326 g/mol. The second-order valence-corrected chi connectivity index (χ2v) is 5.92. The van der Waals surface area contributed by atoms with Gasteiger partial charge in [0.2, 0.25) is 0 Å². The zero-order valence-corrected chi connectivity index (χ0v) is 14.2. The first-order chi connectivity index (χ1) is 11.1. The van der Waals surface area contributed by atoms with E-state index in [0.717, 1.165) is 29.3 Å². The van der Waals surface area contributed by atoms with Crippen LogP contribution in [0.2, 0.25) is 5.02 Å². The Morgan fingerprint density at radius 3 is 2.48 bits per heavy atom. The molecular formula is C18H19ClN4. The van der Waals surface area contributed by atoms with Crippen LogP contribution in [0.15, 0.2) is 42.7 Å². The topological polar surface area (TPSA) is 42.7 Å². The first-order valence-electron chi connectivity index (χ1n) is 7.60. The summed E-state index contributed by atoms with van der Waals surface area (Å²) in [6.45, 7) is 7.06. The molecule has 118 valence electrons. The van der Waals surface area contributed by atoms with E-state index in [0.29, 0.717) is 10.8 Å². The van der Waals surface area contributed by atoms with Gasteiger partial charge in [0.15, 0.2) is 0 Å². The van der Waals surface area contributed by atoms with Crippen molar-refractivity contribution in [1.82, 2.24) is 14.5 Å². The van der Waals surface area contributed by atoms with E-state index in [4.69, 9.17) is 11.6 Å². The molecule has 0 fully saturated rings. The standard InChI is InChI=1S/C18H19ClN4/c1-4-23-13(3)10-21-18(23)14-9-16(19)17(20-11-14)22-15-7-5-12(2)6-8-15/h5-11H,4H2,1-3H3,(H,20,22). The van der Waals surface area contributed by atoms with E-state index >= 15 is 0 Å². The molecule has 4 nitrogen and oxygen atoms in total. The fraction of sp³-hybridized carbons (Fsp3) is 0.222. The van der Waals surface area contributed by atoms with Gasteiger partial charge in [-0.1, -0.05) is 29.3 Å². The van der Waals surface area contributed by atoms with Crippen molar-refractivity contribution in [3.05, 3.63) is 59.0 Å². The molecule has 3 rings (SSSR count). The maximum Gasteiger partial charge on any atom is 0.149 e. The SMILES string of the molecule is CCn1c(C)cnc1-c1cnc(Nc2ccc(C)cc2)c(Cl)c1. The summed E-state index contributed by atoms with van der Waals surface area (Å²) in [5, 5.41) is 3.82. The summed E-state index contributed by atoms with van der Waals surface area (Å²) in [6, 6.07) is 10.0. The lowest BCUT2D eigenvalue weighted by atomic mass is 10.2. The molecule has 0 atom stereocenters. The first-order valence-corrected chi connectivity index (χ1v) is 7.98. The van der Waals surface area contributed by atoms with Crippen molar-refractivity contribution in [3.8, 4) is 11.4 Å². The van der Waals surface area contributed by atoms with Gasteiger partial charge in [0.05, 0.1) is 5.02 Å². The number of nitrogens with zero attached hydrogens (tertiary/aromatic N) is 3. The quantitative estimate of drug-likeness (QED) is 0.735. The van der Waals surface area contributed by atoms with Crippen LogP contribution in [0.3, 0.4) is 0 Å². The maximum absolute atomic E-state index is 6.40. The van der Waals surface area contributed by atoms with Crippen molar-refractivity contribution in [3.63, 3.8) is 0 Å². The van der Waals surface area contributed by atoms with Crippen molar-refractivity contribution in [2.75, 3.05) is 5.32 Å². The van der Waals surface area contributed by atoms with E-state index < -0.39 is 0 Å². The highest BCUT2D eigenvalue weighted by Gasteiger charge is 2.11. The summed E-state index contributed by atoms with van der Waals surface area (Å²) in [4.78, 5) is 8.93. The van der Waals surface area contributed by atoms with E-state index in [1.54, 1.807) is 6.20 Å². The predicted octanol–water partition coefficient (Wildman–Crippen LogP) is 4.98. The molecule has 0 radical (unpaired) electrons. The molecule has 1 aromatic carbocycles. The normalized spacial score (nSPS) is 10.8. The Balaban J connectivity index is 1.90. The van der Waals surface area contributed by atoms with Crippen molar-refractivity contribution >= 4 is 23.1 Å². The molecule has 0 aliphatic rings. The number of imidazole rings is 1. The highest BCUT2D eigenvalue weighted by Crippen LogP contribution is 2.28. The van der Waals surface area contributed by atoms with Gasteiger partial charge in [0.25, 0.3) is 0 Å². The molecule has 0 spiro atoms. The van der Waals surface area contributed by atoms with Gasteiger partial charge in [-0.2, -0.15) is 0 Å². The number of aryl methyl sites for hydroxylation is 2. The summed E-state index contributed by atoms with van der Waals surface area (Å²) >= 11 is 6.40. The third-order valence-electron chi connectivity index (χ3n) is 3.79. The van der Waals surface area contributed by atoms with Crippen LogP contribution >= 0.6 is 11.6 Å². The fourth-order valence-corrected chi connectivity index (χ4v) is 2.73. The summed E-state index contributed by atoms with van der Waals surface area (Å²) in [6.07, 6.45) is 3.67. The average molecular weight is 327 g/mol. The number of nitrogens with one attached hydrogen (secondary N) is 1. The van der Waals surface area contributed by atoms with Gasteiger partial charge in [-0.15, -0.1) is 0 Å². The van der Waals surface area contributed by atoms with Gasteiger partial charge in [0.1, 0.15) is 11.6 Å². The van der Waals surface area contributed by atoms with Gasteiger partial charge in [-0.05, 0) is 39.0 Å². The maximum atomic E-state index is 6.40. The molecule has 2 aromatic heterocycles. The number of benzene rings is 1. The highest BCUT2D eigenvalue weighted by atomic mass is 35.5. The van der Waals surface area contributed by atoms with E-state index in [-0.39, 0.29) is 0 Å². The third kappa shape index (κ3) is 3.22. The van der Waals surface area contributed by atoms with Crippen LogP contribution in [-0.4, -0.2) is 14.5 Å². The van der Waals surface area contributed by atoms with Gasteiger partial charge in [-0.25, -0.2) is 9.97 Å². The number of anilines is 2. The van der Waals surface area contributed by atoms with Crippen LogP contribution in [-0.2, 0) is 6.54 Å². The Morgan fingerprint density at radius 2 is 1.83 bits per heavy atom. The molecule has 0 saturated carbocycles. The Labute approximate surface area is 141 Å². The lowest BCUT2D eigenvalue weighted by Gasteiger charge is -2.10. The van der Waals surface area contributed by atoms with Crippen LogP contribution in [0, 0.1) is 13.8 Å². The Morgan fingerprint density at radius 1 is 1.09 bits per heavy atom. The molecule has 1 N–H and O–H groups in total. The average Bonchev–Trinajstić information content (AvgIpc) is 2.92. The van der Waals surface area contributed by atoms with Crippen LogP contribution < -0.4 is 5.32 Å². The predicted molar refractivity (Wildman–Crippen MR) is 95.3 cm³/mol. The number of pyridine rings is 1. The molecule has 0 unspecified atom stereocenters. The summed E-state index contributed by atoms with van der Waals surface area (Å²) in [5.41, 5.74) is 4.22. The molecule has 5 heteroatoms. The minimum absolute atomic E-state index is 0.575. The lowest BCUT2D eigenvalue weighted by molar-refractivity contribution is 0.746. The van der Waals surface area contributed by atoms with E-state index in [9.17, 15) is 0 Å². The smallest absolute Gasteiger partial charge is 0.149 e. The molecule has 2 heterocycles. The Hall–Kier alpha value is -2.33. The first kappa shape index (κ1) is 15.6. The number of rotatable bonds is 4. The minimum Gasteiger partial charge on any atom is -0.339 e. The van der Waals surface area contributed by atoms with Gasteiger partial charge in [-0.3, -0.25) is 0 Å². The zero-order valence-electron chi connectivity index (χ0n) is 13.5. The van der Waals surface area contributed by atoms with Crippen LogP contribution in [0.1, 0.15) is 18.2 Å². The molecule has 0 aliphatic carbocycles. The second-order valence-electron chi connectivity index (χ2n) is 5.51. The molecule has 0 bridgehead atoms. The molecule has 0 aliphatic heterocycles. The molecular weight excluding hydrogens is 308 g/mol. The fourth-order valence-electron chi connectivity index (χ4n) is 2.52. The number of aromatic nitrogens is 3. The van der Waals surface area contributed by atoms with E-state index in [1.165, 1.54) is 5.56 Å². The molecule has 0 saturated heterocycles. The number of halogens is 1. The lowest BCUT2D eigenvalue weighted by Crippen LogP contribution is -2.01. The minimum atomic E-state index is 0.575. The van der Waals surface area contributed by atoms with Crippen LogP contribution in [0.5, 0.6) is 0 Å². The molecule has 0 amide bonds. The van der Waals surface area contributed by atoms with Gasteiger partial charge in [0, 0.05) is 35.9 Å². The van der Waals surface area contributed by atoms with Gasteiger partial charge < -0.3 is 9.88 Å². The third-order valence-corrected chi connectivity index (χ3v) is 4.07. The highest BCUT2D eigenvalue weighted by molar-refractivity contribution is 6.33. The summed E-state index contributed by atoms with van der Waals surface area (Å²) in [7, 11) is 0. The summed E-state index contributed by atoms with van der Waals surface area (Å²) < 4.78 is 2.14. The largest absolute Gasteiger partial charge is 0.339 e. The zero-order chi connectivity index (χ0) is 16.4. The number of hydrogen-bond acceptors (Lipinski definition) is 3. The summed E-state index contributed by atoms with van der Waals surface area (Å²) in [5.74, 6) is 1.53.